The van der Waals surface area contributed by atoms with Crippen molar-refractivity contribution in [2.75, 3.05) is 0 Å². The zero-order valence-corrected chi connectivity index (χ0v) is 10.0. The first-order valence-electron chi connectivity index (χ1n) is 5.17. The maximum absolute atomic E-state index is 10.8. The Hall–Kier alpha value is -1.80. The van der Waals surface area contributed by atoms with Gasteiger partial charge in [-0.2, -0.15) is 0 Å². The highest BCUT2D eigenvalue weighted by Crippen LogP contribution is 2.33. The van der Waals surface area contributed by atoms with Crippen molar-refractivity contribution >= 4 is 17.9 Å². The second-order valence-corrected chi connectivity index (χ2v) is 4.23. The lowest BCUT2D eigenvalue weighted by molar-refractivity contribution is 0.112. The molecule has 0 spiro atoms. The van der Waals surface area contributed by atoms with Crippen LogP contribution in [-0.2, 0) is 0 Å². The largest absolute Gasteiger partial charge is 0.507 e. The van der Waals surface area contributed by atoms with Crippen molar-refractivity contribution in [2.45, 2.75) is 6.92 Å². The lowest BCUT2D eigenvalue weighted by Crippen LogP contribution is -1.86. The van der Waals surface area contributed by atoms with Crippen molar-refractivity contribution in [3.8, 4) is 16.9 Å². The summed E-state index contributed by atoms with van der Waals surface area (Å²) in [6, 6.07) is 10.6. The van der Waals surface area contributed by atoms with Crippen molar-refractivity contribution in [3.05, 3.63) is 52.5 Å². The van der Waals surface area contributed by atoms with Crippen LogP contribution in [0.3, 0.4) is 0 Å². The van der Waals surface area contributed by atoms with Crippen LogP contribution in [0.5, 0.6) is 5.75 Å². The summed E-state index contributed by atoms with van der Waals surface area (Å²) in [7, 11) is 0. The van der Waals surface area contributed by atoms with E-state index in [0.717, 1.165) is 11.1 Å². The topological polar surface area (TPSA) is 37.3 Å². The van der Waals surface area contributed by atoms with E-state index in [9.17, 15) is 9.90 Å². The molecule has 0 bridgehead atoms. The summed E-state index contributed by atoms with van der Waals surface area (Å²) in [6.07, 6.45) is 0.640. The van der Waals surface area contributed by atoms with Gasteiger partial charge in [-0.15, -0.1) is 0 Å². The molecule has 0 aliphatic carbocycles. The SMILES string of the molecule is Cc1cc(-c2cccc(C=O)c2O)ccc1Cl. The molecule has 0 radical (unpaired) electrons. The van der Waals surface area contributed by atoms with E-state index in [4.69, 9.17) is 11.6 Å². The van der Waals surface area contributed by atoms with Gasteiger partial charge in [0.1, 0.15) is 5.75 Å². The summed E-state index contributed by atoms with van der Waals surface area (Å²) in [5.74, 6) is 0.00391. The molecule has 0 fully saturated rings. The fraction of sp³-hybridized carbons (Fsp3) is 0.0714. The Labute approximate surface area is 104 Å². The van der Waals surface area contributed by atoms with Gasteiger partial charge in [0.15, 0.2) is 6.29 Å². The van der Waals surface area contributed by atoms with E-state index in [1.807, 2.05) is 19.1 Å². The molecule has 0 unspecified atom stereocenters. The van der Waals surface area contributed by atoms with Gasteiger partial charge in [0.05, 0.1) is 5.56 Å². The van der Waals surface area contributed by atoms with Crippen molar-refractivity contribution < 1.29 is 9.90 Å². The molecule has 0 amide bonds. The number of rotatable bonds is 2. The lowest BCUT2D eigenvalue weighted by Gasteiger charge is -2.08. The normalized spacial score (nSPS) is 10.2. The van der Waals surface area contributed by atoms with E-state index < -0.39 is 0 Å². The number of benzene rings is 2. The van der Waals surface area contributed by atoms with E-state index in [1.54, 1.807) is 24.3 Å². The summed E-state index contributed by atoms with van der Waals surface area (Å²) in [4.78, 5) is 10.8. The molecule has 0 atom stereocenters. The number of carbonyl (C=O) groups excluding carboxylic acids is 1. The number of halogens is 1. The quantitative estimate of drug-likeness (QED) is 0.818. The smallest absolute Gasteiger partial charge is 0.153 e. The third-order valence-corrected chi connectivity index (χ3v) is 3.09. The molecule has 0 heterocycles. The zero-order valence-electron chi connectivity index (χ0n) is 9.27. The number of aromatic hydroxyl groups is 1. The molecule has 0 aliphatic rings. The van der Waals surface area contributed by atoms with Crippen LogP contribution in [0, 0.1) is 6.92 Å². The van der Waals surface area contributed by atoms with Gasteiger partial charge < -0.3 is 5.11 Å². The fourth-order valence-electron chi connectivity index (χ4n) is 1.70. The molecule has 1 N–H and O–H groups in total. The van der Waals surface area contributed by atoms with Gasteiger partial charge in [-0.1, -0.05) is 29.8 Å². The van der Waals surface area contributed by atoms with Crippen molar-refractivity contribution in [2.24, 2.45) is 0 Å². The molecule has 0 saturated heterocycles. The Morgan fingerprint density at radius 2 is 2.00 bits per heavy atom. The first kappa shape index (κ1) is 11.7. The van der Waals surface area contributed by atoms with Crippen LogP contribution in [0.1, 0.15) is 15.9 Å². The molecule has 0 saturated carbocycles. The Bertz CT molecular complexity index is 576. The Morgan fingerprint density at radius 1 is 1.24 bits per heavy atom. The minimum Gasteiger partial charge on any atom is -0.507 e. The number of aldehydes is 1. The van der Waals surface area contributed by atoms with Gasteiger partial charge in [-0.25, -0.2) is 0 Å². The van der Waals surface area contributed by atoms with Gasteiger partial charge >= 0.3 is 0 Å². The van der Waals surface area contributed by atoms with Gasteiger partial charge in [0.25, 0.3) is 0 Å². The first-order valence-corrected chi connectivity index (χ1v) is 5.55. The molecule has 0 aromatic heterocycles. The predicted octanol–water partition coefficient (Wildman–Crippen LogP) is 3.83. The van der Waals surface area contributed by atoms with Crippen molar-refractivity contribution in [1.29, 1.82) is 0 Å². The third kappa shape index (κ3) is 2.17. The summed E-state index contributed by atoms with van der Waals surface area (Å²) >= 11 is 5.95. The van der Waals surface area contributed by atoms with E-state index in [1.165, 1.54) is 0 Å². The van der Waals surface area contributed by atoms with Crippen LogP contribution < -0.4 is 0 Å². The summed E-state index contributed by atoms with van der Waals surface area (Å²) in [5, 5.41) is 10.6. The molecule has 86 valence electrons. The number of carbonyl (C=O) groups is 1. The third-order valence-electron chi connectivity index (χ3n) is 2.66. The molecule has 3 heteroatoms. The zero-order chi connectivity index (χ0) is 12.4. The van der Waals surface area contributed by atoms with E-state index in [2.05, 4.69) is 0 Å². The average Bonchev–Trinajstić information content (AvgIpc) is 2.33. The minimum atomic E-state index is 0.00391. The van der Waals surface area contributed by atoms with Crippen molar-refractivity contribution in [3.63, 3.8) is 0 Å². The van der Waals surface area contributed by atoms with E-state index in [-0.39, 0.29) is 11.3 Å². The van der Waals surface area contributed by atoms with Crippen LogP contribution in [0.25, 0.3) is 11.1 Å². The molecule has 2 rings (SSSR count). The fourth-order valence-corrected chi connectivity index (χ4v) is 1.82. The second-order valence-electron chi connectivity index (χ2n) is 3.83. The number of phenolic OH excluding ortho intramolecular Hbond substituents is 1. The molecule has 2 nitrogen and oxygen atoms in total. The van der Waals surface area contributed by atoms with Gasteiger partial charge in [0, 0.05) is 10.6 Å². The molecule has 17 heavy (non-hydrogen) atoms. The Kier molecular flexibility index (Phi) is 3.16. The monoisotopic (exact) mass is 246 g/mol. The molecular weight excluding hydrogens is 236 g/mol. The van der Waals surface area contributed by atoms with Crippen LogP contribution in [0.15, 0.2) is 36.4 Å². The number of aryl methyl sites for hydroxylation is 1. The molecular formula is C14H11ClO2. The van der Waals surface area contributed by atoms with Crippen molar-refractivity contribution in [1.82, 2.24) is 0 Å². The van der Waals surface area contributed by atoms with Gasteiger partial charge in [-0.3, -0.25) is 4.79 Å². The number of hydrogen-bond donors (Lipinski definition) is 1. The highest BCUT2D eigenvalue weighted by Gasteiger charge is 2.09. The Balaban J connectivity index is 2.60. The average molecular weight is 247 g/mol. The van der Waals surface area contributed by atoms with Crippen LogP contribution >= 0.6 is 11.6 Å². The van der Waals surface area contributed by atoms with Gasteiger partial charge in [0.2, 0.25) is 0 Å². The lowest BCUT2D eigenvalue weighted by atomic mass is 10.0. The van der Waals surface area contributed by atoms with Crippen LogP contribution in [-0.4, -0.2) is 11.4 Å². The van der Waals surface area contributed by atoms with E-state index >= 15 is 0 Å². The Morgan fingerprint density at radius 3 is 2.65 bits per heavy atom. The minimum absolute atomic E-state index is 0.00391. The summed E-state index contributed by atoms with van der Waals surface area (Å²) in [5.41, 5.74) is 2.69. The number of hydrogen-bond acceptors (Lipinski definition) is 2. The summed E-state index contributed by atoms with van der Waals surface area (Å²) in [6.45, 7) is 1.90. The highest BCUT2D eigenvalue weighted by molar-refractivity contribution is 6.31. The number of para-hydroxylation sites is 1. The standard InChI is InChI=1S/C14H11ClO2/c1-9-7-10(5-6-13(9)15)12-4-2-3-11(8-16)14(12)17/h2-8,17H,1H3. The molecule has 0 aliphatic heterocycles. The van der Waals surface area contributed by atoms with Crippen LogP contribution in [0.4, 0.5) is 0 Å². The molecule has 2 aromatic carbocycles. The highest BCUT2D eigenvalue weighted by atomic mass is 35.5. The second kappa shape index (κ2) is 4.60. The molecule has 2 aromatic rings. The maximum atomic E-state index is 10.8. The summed E-state index contributed by atoms with van der Waals surface area (Å²) < 4.78 is 0. The first-order chi connectivity index (χ1) is 8.13. The predicted molar refractivity (Wildman–Crippen MR) is 68.7 cm³/mol. The van der Waals surface area contributed by atoms with Gasteiger partial charge in [-0.05, 0) is 36.2 Å². The van der Waals surface area contributed by atoms with E-state index in [0.29, 0.717) is 16.9 Å². The number of phenols is 1. The maximum Gasteiger partial charge on any atom is 0.153 e. The van der Waals surface area contributed by atoms with Crippen LogP contribution in [0.2, 0.25) is 5.02 Å².